The smallest absolute Gasteiger partial charge is 0.293 e. The molecule has 1 aliphatic rings. The van der Waals surface area contributed by atoms with Crippen LogP contribution < -0.4 is 10.6 Å². The molecule has 2 N–H and O–H groups in total. The van der Waals surface area contributed by atoms with Gasteiger partial charge in [-0.2, -0.15) is 0 Å². The van der Waals surface area contributed by atoms with E-state index in [1.807, 2.05) is 18.2 Å². The number of carbonyl (C=O) groups is 2. The predicted molar refractivity (Wildman–Crippen MR) is 130 cm³/mol. The third-order valence-electron chi connectivity index (χ3n) is 5.90. The fourth-order valence-electron chi connectivity index (χ4n) is 3.98. The summed E-state index contributed by atoms with van der Waals surface area (Å²) in [5.74, 6) is 0.218. The van der Waals surface area contributed by atoms with Gasteiger partial charge in [0.1, 0.15) is 11.4 Å². The fourth-order valence-corrected chi connectivity index (χ4v) is 4.18. The Kier molecular flexibility index (Phi) is 7.31. The number of rotatable bonds is 7. The lowest BCUT2D eigenvalue weighted by molar-refractivity contribution is -0.384. The highest BCUT2D eigenvalue weighted by Crippen LogP contribution is 2.29. The molecule has 1 aromatic heterocycles. The molecule has 35 heavy (non-hydrogen) atoms. The monoisotopic (exact) mass is 497 g/mol. The largest absolute Gasteiger partial charge is 0.375 e. The SMILES string of the molecule is Cc1cc(NC(=O)C2CCN(C(=O)c3ccc(NCc4ccccc4Cl)c([N+](=O)[O-])c3)CC2)no1. The zero-order chi connectivity index (χ0) is 24.9. The molecule has 1 aliphatic heterocycles. The second-order valence-electron chi connectivity index (χ2n) is 8.31. The molecule has 0 atom stereocenters. The third kappa shape index (κ3) is 5.78. The summed E-state index contributed by atoms with van der Waals surface area (Å²) in [6.07, 6.45) is 0.960. The number of amides is 2. The second kappa shape index (κ2) is 10.6. The van der Waals surface area contributed by atoms with Crippen molar-refractivity contribution in [2.45, 2.75) is 26.3 Å². The van der Waals surface area contributed by atoms with Crippen molar-refractivity contribution < 1.29 is 19.0 Å². The Morgan fingerprint density at radius 1 is 1.20 bits per heavy atom. The zero-order valence-corrected chi connectivity index (χ0v) is 19.7. The van der Waals surface area contributed by atoms with Crippen molar-refractivity contribution >= 4 is 40.6 Å². The van der Waals surface area contributed by atoms with E-state index in [0.717, 1.165) is 5.56 Å². The molecule has 2 heterocycles. The molecule has 1 saturated heterocycles. The quantitative estimate of drug-likeness (QED) is 0.359. The molecule has 3 aromatic rings. The van der Waals surface area contributed by atoms with E-state index in [1.165, 1.54) is 12.1 Å². The average Bonchev–Trinajstić information content (AvgIpc) is 3.27. The van der Waals surface area contributed by atoms with Crippen LogP contribution in [0.1, 0.15) is 34.5 Å². The first-order valence-corrected chi connectivity index (χ1v) is 11.5. The van der Waals surface area contributed by atoms with Crippen LogP contribution in [0.25, 0.3) is 0 Å². The Bertz CT molecular complexity index is 1250. The summed E-state index contributed by atoms with van der Waals surface area (Å²) in [5, 5.41) is 21.8. The first kappa shape index (κ1) is 24.2. The number of likely N-dealkylation sites (tertiary alicyclic amines) is 1. The molecule has 11 heteroatoms. The van der Waals surface area contributed by atoms with Crippen LogP contribution in [0.15, 0.2) is 53.1 Å². The van der Waals surface area contributed by atoms with Gasteiger partial charge in [0.25, 0.3) is 11.6 Å². The summed E-state index contributed by atoms with van der Waals surface area (Å²) in [6, 6.07) is 13.2. The highest BCUT2D eigenvalue weighted by molar-refractivity contribution is 6.31. The minimum absolute atomic E-state index is 0.171. The van der Waals surface area contributed by atoms with Crippen molar-refractivity contribution in [2.75, 3.05) is 23.7 Å². The summed E-state index contributed by atoms with van der Waals surface area (Å²) < 4.78 is 4.95. The summed E-state index contributed by atoms with van der Waals surface area (Å²) in [7, 11) is 0. The van der Waals surface area contributed by atoms with Crippen molar-refractivity contribution in [3.8, 4) is 0 Å². The Morgan fingerprint density at radius 2 is 1.94 bits per heavy atom. The molecule has 0 unspecified atom stereocenters. The number of aryl methyl sites for hydroxylation is 1. The Morgan fingerprint density at radius 3 is 2.60 bits per heavy atom. The van der Waals surface area contributed by atoms with Crippen LogP contribution in [0, 0.1) is 23.0 Å². The number of nitro benzene ring substituents is 1. The van der Waals surface area contributed by atoms with Gasteiger partial charge in [-0.1, -0.05) is 35.0 Å². The fraction of sp³-hybridized carbons (Fsp3) is 0.292. The maximum absolute atomic E-state index is 13.0. The van der Waals surface area contributed by atoms with Crippen LogP contribution in [0.5, 0.6) is 0 Å². The Labute approximate surface area is 206 Å². The molecule has 0 spiro atoms. The Hall–Kier alpha value is -3.92. The number of nitrogens with zero attached hydrogens (tertiary/aromatic N) is 3. The number of halogens is 1. The molecule has 0 saturated carbocycles. The number of piperidine rings is 1. The van der Waals surface area contributed by atoms with Crippen molar-refractivity contribution in [1.29, 1.82) is 0 Å². The van der Waals surface area contributed by atoms with Crippen LogP contribution in [-0.2, 0) is 11.3 Å². The maximum Gasteiger partial charge on any atom is 0.293 e. The lowest BCUT2D eigenvalue weighted by Gasteiger charge is -2.31. The normalized spacial score (nSPS) is 13.9. The van der Waals surface area contributed by atoms with Gasteiger partial charge in [-0.3, -0.25) is 19.7 Å². The first-order chi connectivity index (χ1) is 16.8. The molecule has 182 valence electrons. The van der Waals surface area contributed by atoms with E-state index in [0.29, 0.717) is 54.8 Å². The molecule has 0 radical (unpaired) electrons. The van der Waals surface area contributed by atoms with E-state index in [2.05, 4.69) is 15.8 Å². The molecule has 10 nitrogen and oxygen atoms in total. The van der Waals surface area contributed by atoms with Gasteiger partial charge in [-0.25, -0.2) is 0 Å². The van der Waals surface area contributed by atoms with Gasteiger partial charge in [0.15, 0.2) is 5.82 Å². The summed E-state index contributed by atoms with van der Waals surface area (Å²) >= 11 is 6.16. The average molecular weight is 498 g/mol. The molecule has 2 aromatic carbocycles. The number of hydrogen-bond acceptors (Lipinski definition) is 7. The van der Waals surface area contributed by atoms with Crippen LogP contribution >= 0.6 is 11.6 Å². The lowest BCUT2D eigenvalue weighted by Crippen LogP contribution is -2.41. The van der Waals surface area contributed by atoms with Crippen molar-refractivity contribution in [3.05, 3.63) is 80.6 Å². The number of hydrogen-bond donors (Lipinski definition) is 2. The third-order valence-corrected chi connectivity index (χ3v) is 6.27. The van der Waals surface area contributed by atoms with Crippen LogP contribution in [0.4, 0.5) is 17.2 Å². The second-order valence-corrected chi connectivity index (χ2v) is 8.72. The van der Waals surface area contributed by atoms with Gasteiger partial charge < -0.3 is 20.1 Å². The van der Waals surface area contributed by atoms with E-state index >= 15 is 0 Å². The zero-order valence-electron chi connectivity index (χ0n) is 19.0. The Balaban J connectivity index is 1.38. The minimum Gasteiger partial charge on any atom is -0.375 e. The molecule has 4 rings (SSSR count). The lowest BCUT2D eigenvalue weighted by atomic mass is 9.95. The van der Waals surface area contributed by atoms with E-state index in [-0.39, 0.29) is 29.0 Å². The van der Waals surface area contributed by atoms with Crippen molar-refractivity contribution in [2.24, 2.45) is 5.92 Å². The highest BCUT2D eigenvalue weighted by Gasteiger charge is 2.29. The highest BCUT2D eigenvalue weighted by atomic mass is 35.5. The van der Waals surface area contributed by atoms with E-state index in [4.69, 9.17) is 16.1 Å². The van der Waals surface area contributed by atoms with E-state index < -0.39 is 4.92 Å². The van der Waals surface area contributed by atoms with E-state index in [1.54, 1.807) is 30.0 Å². The molecular formula is C24H24ClN5O5. The van der Waals surface area contributed by atoms with Crippen molar-refractivity contribution in [3.63, 3.8) is 0 Å². The topological polar surface area (TPSA) is 131 Å². The number of anilines is 2. The number of nitro groups is 1. The van der Waals surface area contributed by atoms with Gasteiger partial charge in [-0.15, -0.1) is 0 Å². The predicted octanol–water partition coefficient (Wildman–Crippen LogP) is 4.65. The molecule has 2 amide bonds. The van der Waals surface area contributed by atoms with Crippen LogP contribution in [0.2, 0.25) is 5.02 Å². The number of benzene rings is 2. The maximum atomic E-state index is 13.0. The molecule has 1 fully saturated rings. The standard InChI is InChI=1S/C24H24ClN5O5/c1-15-12-22(28-35-15)27-23(31)16-8-10-29(11-9-16)24(32)17-6-7-20(21(13-17)30(33)34)26-14-18-4-2-3-5-19(18)25/h2-7,12-13,16,26H,8-11,14H2,1H3,(H,27,28,31). The summed E-state index contributed by atoms with van der Waals surface area (Å²) in [4.78, 5) is 38.3. The van der Waals surface area contributed by atoms with Gasteiger partial charge in [-0.05, 0) is 43.5 Å². The molecular weight excluding hydrogens is 474 g/mol. The van der Waals surface area contributed by atoms with Crippen LogP contribution in [0.3, 0.4) is 0 Å². The van der Waals surface area contributed by atoms with Crippen molar-refractivity contribution in [1.82, 2.24) is 10.1 Å². The number of carbonyl (C=O) groups excluding carboxylic acids is 2. The van der Waals surface area contributed by atoms with Crippen LogP contribution in [-0.4, -0.2) is 39.9 Å². The summed E-state index contributed by atoms with van der Waals surface area (Å²) in [6.45, 7) is 2.78. The van der Waals surface area contributed by atoms with Gasteiger partial charge in [0, 0.05) is 48.3 Å². The number of nitrogens with one attached hydrogen (secondary N) is 2. The van der Waals surface area contributed by atoms with Gasteiger partial charge in [0.05, 0.1) is 4.92 Å². The number of aromatic nitrogens is 1. The first-order valence-electron chi connectivity index (χ1n) is 11.1. The molecule has 0 aliphatic carbocycles. The van der Waals surface area contributed by atoms with E-state index in [9.17, 15) is 19.7 Å². The minimum atomic E-state index is -0.520. The summed E-state index contributed by atoms with van der Waals surface area (Å²) in [5.41, 5.74) is 1.13. The van der Waals surface area contributed by atoms with Gasteiger partial charge >= 0.3 is 0 Å². The molecule has 0 bridgehead atoms. The van der Waals surface area contributed by atoms with Gasteiger partial charge in [0.2, 0.25) is 5.91 Å².